The fourth-order valence-electron chi connectivity index (χ4n) is 1.35. The Morgan fingerprint density at radius 1 is 1.40 bits per heavy atom. The average Bonchev–Trinajstić information content (AvgIpc) is 2.56. The minimum atomic E-state index is -0.404. The van der Waals surface area contributed by atoms with Gasteiger partial charge in [0.25, 0.3) is 0 Å². The lowest BCUT2D eigenvalue weighted by atomic mass is 10.3. The minimum Gasteiger partial charge on any atom is -0.318 e. The molecule has 0 saturated carbocycles. The molecule has 2 heterocycles. The summed E-state index contributed by atoms with van der Waals surface area (Å²) in [7, 11) is 0. The van der Waals surface area contributed by atoms with E-state index in [4.69, 9.17) is 0 Å². The Labute approximate surface area is 88.9 Å². The molecule has 0 bridgehead atoms. The van der Waals surface area contributed by atoms with Gasteiger partial charge in [-0.3, -0.25) is 14.9 Å². The zero-order valence-electron chi connectivity index (χ0n) is 7.78. The summed E-state index contributed by atoms with van der Waals surface area (Å²) < 4.78 is 0. The Balaban J connectivity index is 2.03. The van der Waals surface area contributed by atoms with Gasteiger partial charge in [-0.25, -0.2) is 4.79 Å². The maximum Gasteiger partial charge on any atom is 0.324 e. The molecule has 7 heteroatoms. The first kappa shape index (κ1) is 9.91. The molecule has 15 heavy (non-hydrogen) atoms. The van der Waals surface area contributed by atoms with Gasteiger partial charge >= 0.3 is 10.9 Å². The van der Waals surface area contributed by atoms with Crippen molar-refractivity contribution in [1.29, 1.82) is 0 Å². The van der Waals surface area contributed by atoms with Crippen LogP contribution in [0.15, 0.2) is 10.2 Å². The summed E-state index contributed by atoms with van der Waals surface area (Å²) in [5, 5.41) is 3.89. The molecule has 1 aliphatic rings. The number of urea groups is 1. The standard InChI is InChI=1S/C8H9N3O3S/c12-6-1-2-11(7(13)10-6)3-5-4-15-8(14)9-5/h4H,1-3H2,(H,9,14)(H,10,12,13). The first-order valence-corrected chi connectivity index (χ1v) is 5.28. The summed E-state index contributed by atoms with van der Waals surface area (Å²) in [5.41, 5.74) is 0.689. The van der Waals surface area contributed by atoms with E-state index in [-0.39, 0.29) is 10.8 Å². The molecule has 3 amide bonds. The Kier molecular flexibility index (Phi) is 2.55. The second-order valence-electron chi connectivity index (χ2n) is 3.20. The summed E-state index contributed by atoms with van der Waals surface area (Å²) in [5.74, 6) is -0.255. The van der Waals surface area contributed by atoms with E-state index in [0.717, 1.165) is 11.3 Å². The SMILES string of the molecule is O=C1CCN(Cc2csc(=O)[nH]2)C(=O)N1. The third kappa shape index (κ3) is 2.24. The highest BCUT2D eigenvalue weighted by Crippen LogP contribution is 2.06. The second-order valence-corrected chi connectivity index (χ2v) is 4.04. The highest BCUT2D eigenvalue weighted by molar-refractivity contribution is 7.07. The van der Waals surface area contributed by atoms with Crippen LogP contribution in [0, 0.1) is 0 Å². The Hall–Kier alpha value is -1.63. The van der Waals surface area contributed by atoms with Gasteiger partial charge in [0.2, 0.25) is 5.91 Å². The number of imide groups is 1. The van der Waals surface area contributed by atoms with Crippen LogP contribution in [0.5, 0.6) is 0 Å². The monoisotopic (exact) mass is 227 g/mol. The largest absolute Gasteiger partial charge is 0.324 e. The quantitative estimate of drug-likeness (QED) is 0.738. The molecule has 6 nitrogen and oxygen atoms in total. The third-order valence-electron chi connectivity index (χ3n) is 2.07. The van der Waals surface area contributed by atoms with Crippen molar-refractivity contribution in [2.24, 2.45) is 0 Å². The van der Waals surface area contributed by atoms with Crippen molar-refractivity contribution in [3.8, 4) is 0 Å². The van der Waals surface area contributed by atoms with Crippen molar-refractivity contribution in [3.63, 3.8) is 0 Å². The van der Waals surface area contributed by atoms with Gasteiger partial charge in [0, 0.05) is 24.0 Å². The molecule has 0 aromatic carbocycles. The number of carbonyl (C=O) groups is 2. The number of rotatable bonds is 2. The predicted octanol–water partition coefficient (Wildman–Crippen LogP) is -0.122. The molecule has 1 aromatic rings. The predicted molar refractivity (Wildman–Crippen MR) is 53.5 cm³/mol. The number of thiazole rings is 1. The van der Waals surface area contributed by atoms with Crippen molar-refractivity contribution >= 4 is 23.3 Å². The number of amides is 3. The van der Waals surface area contributed by atoms with Crippen molar-refractivity contribution in [2.75, 3.05) is 6.54 Å². The molecule has 1 saturated heterocycles. The van der Waals surface area contributed by atoms with Gasteiger partial charge < -0.3 is 9.88 Å². The van der Waals surface area contributed by atoms with E-state index in [0.29, 0.717) is 25.2 Å². The highest BCUT2D eigenvalue weighted by Gasteiger charge is 2.22. The molecule has 0 unspecified atom stereocenters. The van der Waals surface area contributed by atoms with E-state index < -0.39 is 6.03 Å². The van der Waals surface area contributed by atoms with Crippen LogP contribution >= 0.6 is 11.3 Å². The molecule has 1 fully saturated rings. The van der Waals surface area contributed by atoms with E-state index in [1.165, 1.54) is 4.90 Å². The molecule has 0 atom stereocenters. The van der Waals surface area contributed by atoms with Gasteiger partial charge in [0.05, 0.1) is 6.54 Å². The van der Waals surface area contributed by atoms with Crippen LogP contribution in [0.2, 0.25) is 0 Å². The lowest BCUT2D eigenvalue weighted by molar-refractivity contribution is -0.121. The Morgan fingerprint density at radius 2 is 2.20 bits per heavy atom. The third-order valence-corrected chi connectivity index (χ3v) is 2.79. The summed E-state index contributed by atoms with van der Waals surface area (Å²) in [6, 6.07) is -0.404. The maximum absolute atomic E-state index is 11.3. The number of hydrogen-bond donors (Lipinski definition) is 2. The van der Waals surface area contributed by atoms with Crippen LogP contribution in [-0.2, 0) is 11.3 Å². The van der Waals surface area contributed by atoms with Gasteiger partial charge in [-0.2, -0.15) is 0 Å². The van der Waals surface area contributed by atoms with Crippen LogP contribution in [0.25, 0.3) is 0 Å². The fraction of sp³-hybridized carbons (Fsp3) is 0.375. The maximum atomic E-state index is 11.3. The smallest absolute Gasteiger partial charge is 0.318 e. The summed E-state index contributed by atoms with van der Waals surface area (Å²) in [4.78, 5) is 37.0. The van der Waals surface area contributed by atoms with Gasteiger partial charge in [0.15, 0.2) is 0 Å². The molecule has 0 spiro atoms. The lowest BCUT2D eigenvalue weighted by Crippen LogP contribution is -2.48. The van der Waals surface area contributed by atoms with Crippen LogP contribution in [0.1, 0.15) is 12.1 Å². The number of nitrogens with zero attached hydrogens (tertiary/aromatic N) is 1. The zero-order chi connectivity index (χ0) is 10.8. The molecule has 80 valence electrons. The van der Waals surface area contributed by atoms with Crippen molar-refractivity contribution in [3.05, 3.63) is 20.7 Å². The molecule has 1 aliphatic heterocycles. The molecular weight excluding hydrogens is 218 g/mol. The molecule has 0 radical (unpaired) electrons. The molecule has 2 N–H and O–H groups in total. The van der Waals surface area contributed by atoms with Crippen molar-refractivity contribution < 1.29 is 9.59 Å². The molecule has 0 aliphatic carbocycles. The number of carbonyl (C=O) groups excluding carboxylic acids is 2. The van der Waals surface area contributed by atoms with Crippen LogP contribution in [-0.4, -0.2) is 28.4 Å². The van der Waals surface area contributed by atoms with Gasteiger partial charge in [-0.15, -0.1) is 0 Å². The van der Waals surface area contributed by atoms with E-state index in [9.17, 15) is 14.4 Å². The van der Waals surface area contributed by atoms with Crippen molar-refractivity contribution in [2.45, 2.75) is 13.0 Å². The first-order valence-electron chi connectivity index (χ1n) is 4.40. The number of aromatic nitrogens is 1. The number of hydrogen-bond acceptors (Lipinski definition) is 4. The molecular formula is C8H9N3O3S. The second kappa shape index (κ2) is 3.85. The number of aromatic amines is 1. The van der Waals surface area contributed by atoms with E-state index in [2.05, 4.69) is 10.3 Å². The topological polar surface area (TPSA) is 82.3 Å². The van der Waals surface area contributed by atoms with Gasteiger partial charge in [0.1, 0.15) is 0 Å². The Morgan fingerprint density at radius 3 is 2.80 bits per heavy atom. The normalized spacial score (nSPS) is 16.7. The molecule has 2 rings (SSSR count). The van der Waals surface area contributed by atoms with Gasteiger partial charge in [-0.1, -0.05) is 11.3 Å². The number of nitrogens with one attached hydrogen (secondary N) is 2. The van der Waals surface area contributed by atoms with E-state index in [1.807, 2.05) is 0 Å². The van der Waals surface area contributed by atoms with Crippen LogP contribution in [0.3, 0.4) is 0 Å². The summed E-state index contributed by atoms with van der Waals surface area (Å²) >= 11 is 1.06. The number of H-pyrrole nitrogens is 1. The summed E-state index contributed by atoms with van der Waals surface area (Å²) in [6.07, 6.45) is 0.306. The van der Waals surface area contributed by atoms with Crippen LogP contribution in [0.4, 0.5) is 4.79 Å². The fourth-order valence-corrected chi connectivity index (χ4v) is 1.92. The first-order chi connectivity index (χ1) is 7.15. The van der Waals surface area contributed by atoms with E-state index in [1.54, 1.807) is 5.38 Å². The van der Waals surface area contributed by atoms with Crippen molar-refractivity contribution in [1.82, 2.24) is 15.2 Å². The molecule has 1 aromatic heterocycles. The minimum absolute atomic E-state index is 0.140. The highest BCUT2D eigenvalue weighted by atomic mass is 32.1. The average molecular weight is 227 g/mol. The Bertz CT molecular complexity index is 450. The summed E-state index contributed by atoms with van der Waals surface area (Å²) in [6.45, 7) is 0.723. The van der Waals surface area contributed by atoms with Crippen LogP contribution < -0.4 is 10.2 Å². The lowest BCUT2D eigenvalue weighted by Gasteiger charge is -2.25. The zero-order valence-corrected chi connectivity index (χ0v) is 8.60. The van der Waals surface area contributed by atoms with Gasteiger partial charge in [-0.05, 0) is 0 Å². The van der Waals surface area contributed by atoms with E-state index >= 15 is 0 Å².